The fraction of sp³-hybridized carbons (Fsp3) is 0.176. The lowest BCUT2D eigenvalue weighted by Gasteiger charge is -2.09. The van der Waals surface area contributed by atoms with E-state index >= 15 is 0 Å². The summed E-state index contributed by atoms with van der Waals surface area (Å²) in [5, 5.41) is 5.43. The van der Waals surface area contributed by atoms with Crippen molar-refractivity contribution in [1.82, 2.24) is 5.32 Å². The van der Waals surface area contributed by atoms with E-state index in [0.717, 1.165) is 11.8 Å². The third kappa shape index (κ3) is 6.27. The van der Waals surface area contributed by atoms with Gasteiger partial charge in [-0.15, -0.1) is 0 Å². The van der Waals surface area contributed by atoms with E-state index in [2.05, 4.69) is 15.4 Å². The molecule has 0 aliphatic carbocycles. The second-order valence-electron chi connectivity index (χ2n) is 5.52. The molecule has 0 fully saturated rings. The van der Waals surface area contributed by atoms with Gasteiger partial charge in [-0.2, -0.15) is 0 Å². The summed E-state index contributed by atoms with van der Waals surface area (Å²) in [6, 6.07) is 13.3. The second-order valence-corrected chi connectivity index (χ2v) is 7.27. The zero-order chi connectivity index (χ0) is 18.4. The Bertz CT molecular complexity index is 894. The zero-order valence-electron chi connectivity index (χ0n) is 13.9. The topological polar surface area (TPSA) is 104 Å². The van der Waals surface area contributed by atoms with Crippen molar-refractivity contribution < 1.29 is 18.0 Å². The van der Waals surface area contributed by atoms with Crippen LogP contribution in [0.5, 0.6) is 0 Å². The molecular formula is C17H19N3O4S. The standard InChI is InChI=1S/C17H19N3O4S/c1-12(21)19-15-7-3-5-13(9-15)11-18-17(22)14-6-4-8-16(10-14)20-25(2,23)24/h3-10,20H,11H2,1-2H3,(H,18,22)(H,19,21). The normalized spacial score (nSPS) is 10.8. The first-order valence-electron chi connectivity index (χ1n) is 7.45. The summed E-state index contributed by atoms with van der Waals surface area (Å²) < 4.78 is 24.8. The molecule has 0 radical (unpaired) electrons. The van der Waals surface area contributed by atoms with Crippen molar-refractivity contribution in [2.45, 2.75) is 13.5 Å². The van der Waals surface area contributed by atoms with E-state index in [-0.39, 0.29) is 18.4 Å². The van der Waals surface area contributed by atoms with Gasteiger partial charge in [0.05, 0.1) is 6.26 Å². The van der Waals surface area contributed by atoms with Crippen LogP contribution in [-0.4, -0.2) is 26.5 Å². The van der Waals surface area contributed by atoms with Crippen LogP contribution in [-0.2, 0) is 21.4 Å². The molecule has 7 nitrogen and oxygen atoms in total. The van der Waals surface area contributed by atoms with Crippen LogP contribution in [0, 0.1) is 0 Å². The van der Waals surface area contributed by atoms with Gasteiger partial charge in [-0.05, 0) is 35.9 Å². The molecule has 25 heavy (non-hydrogen) atoms. The molecule has 132 valence electrons. The lowest BCUT2D eigenvalue weighted by molar-refractivity contribution is -0.114. The summed E-state index contributed by atoms with van der Waals surface area (Å²) in [7, 11) is -3.41. The molecule has 0 bridgehead atoms. The first-order chi connectivity index (χ1) is 11.7. The minimum Gasteiger partial charge on any atom is -0.348 e. The maximum atomic E-state index is 12.2. The number of sulfonamides is 1. The molecule has 2 rings (SSSR count). The van der Waals surface area contributed by atoms with Crippen molar-refractivity contribution in [3.05, 3.63) is 59.7 Å². The number of nitrogens with one attached hydrogen (secondary N) is 3. The molecule has 0 atom stereocenters. The summed E-state index contributed by atoms with van der Waals surface area (Å²) in [5.41, 5.74) is 2.14. The largest absolute Gasteiger partial charge is 0.348 e. The smallest absolute Gasteiger partial charge is 0.251 e. The van der Waals surface area contributed by atoms with Gasteiger partial charge in [0.2, 0.25) is 15.9 Å². The number of hydrogen-bond donors (Lipinski definition) is 3. The van der Waals surface area contributed by atoms with Gasteiger partial charge in [-0.1, -0.05) is 18.2 Å². The Morgan fingerprint density at radius 2 is 1.68 bits per heavy atom. The first kappa shape index (κ1) is 18.5. The molecule has 8 heteroatoms. The molecule has 0 heterocycles. The summed E-state index contributed by atoms with van der Waals surface area (Å²) in [6.45, 7) is 1.70. The van der Waals surface area contributed by atoms with Crippen LogP contribution in [0.1, 0.15) is 22.8 Å². The van der Waals surface area contributed by atoms with Crippen molar-refractivity contribution in [2.24, 2.45) is 0 Å². The minimum atomic E-state index is -3.41. The molecule has 0 spiro atoms. The Morgan fingerprint density at radius 1 is 1.00 bits per heavy atom. The fourth-order valence-corrected chi connectivity index (χ4v) is 2.74. The maximum Gasteiger partial charge on any atom is 0.251 e. The number of anilines is 2. The van der Waals surface area contributed by atoms with E-state index in [9.17, 15) is 18.0 Å². The number of carbonyl (C=O) groups is 2. The summed E-state index contributed by atoms with van der Waals surface area (Å²) in [5.74, 6) is -0.501. The molecule has 2 amide bonds. The Morgan fingerprint density at radius 3 is 2.36 bits per heavy atom. The number of hydrogen-bond acceptors (Lipinski definition) is 4. The van der Waals surface area contributed by atoms with Crippen molar-refractivity contribution in [1.29, 1.82) is 0 Å². The van der Waals surface area contributed by atoms with Crippen molar-refractivity contribution >= 4 is 33.2 Å². The van der Waals surface area contributed by atoms with Crippen molar-refractivity contribution in [3.63, 3.8) is 0 Å². The zero-order valence-corrected chi connectivity index (χ0v) is 14.7. The van der Waals surface area contributed by atoms with Crippen LogP contribution in [0.25, 0.3) is 0 Å². The molecule has 0 aromatic heterocycles. The van der Waals surface area contributed by atoms with E-state index in [1.807, 2.05) is 6.07 Å². The molecule has 0 aliphatic rings. The Balaban J connectivity index is 2.03. The molecule has 0 unspecified atom stereocenters. The average molecular weight is 361 g/mol. The predicted octanol–water partition coefficient (Wildman–Crippen LogP) is 1.95. The number of rotatable bonds is 6. The molecule has 0 saturated heterocycles. The highest BCUT2D eigenvalue weighted by molar-refractivity contribution is 7.92. The lowest BCUT2D eigenvalue weighted by Crippen LogP contribution is -2.23. The number of amides is 2. The van der Waals surface area contributed by atoms with Gasteiger partial charge in [0, 0.05) is 30.4 Å². The molecular weight excluding hydrogens is 342 g/mol. The van der Waals surface area contributed by atoms with Gasteiger partial charge in [0.15, 0.2) is 0 Å². The molecule has 2 aromatic rings. The minimum absolute atomic E-state index is 0.170. The molecule has 2 aromatic carbocycles. The highest BCUT2D eigenvalue weighted by Gasteiger charge is 2.08. The second kappa shape index (κ2) is 7.80. The molecule has 0 saturated carbocycles. The van der Waals surface area contributed by atoms with Gasteiger partial charge in [-0.3, -0.25) is 14.3 Å². The lowest BCUT2D eigenvalue weighted by atomic mass is 10.1. The van der Waals surface area contributed by atoms with E-state index in [0.29, 0.717) is 16.9 Å². The van der Waals surface area contributed by atoms with Gasteiger partial charge in [-0.25, -0.2) is 8.42 Å². The van der Waals surface area contributed by atoms with Gasteiger partial charge < -0.3 is 10.6 Å². The van der Waals surface area contributed by atoms with Crippen molar-refractivity contribution in [3.8, 4) is 0 Å². The van der Waals surface area contributed by atoms with E-state index < -0.39 is 10.0 Å². The highest BCUT2D eigenvalue weighted by Crippen LogP contribution is 2.13. The number of benzene rings is 2. The summed E-state index contributed by atoms with van der Waals surface area (Å²) >= 11 is 0. The summed E-state index contributed by atoms with van der Waals surface area (Å²) in [6.07, 6.45) is 1.04. The van der Waals surface area contributed by atoms with Crippen LogP contribution in [0.2, 0.25) is 0 Å². The first-order valence-corrected chi connectivity index (χ1v) is 9.35. The van der Waals surface area contributed by atoms with E-state index in [4.69, 9.17) is 0 Å². The van der Waals surface area contributed by atoms with Crippen LogP contribution in [0.3, 0.4) is 0 Å². The van der Waals surface area contributed by atoms with Crippen LogP contribution < -0.4 is 15.4 Å². The fourth-order valence-electron chi connectivity index (χ4n) is 2.18. The third-order valence-corrected chi connectivity index (χ3v) is 3.73. The van der Waals surface area contributed by atoms with Crippen LogP contribution in [0.4, 0.5) is 11.4 Å². The van der Waals surface area contributed by atoms with Gasteiger partial charge >= 0.3 is 0 Å². The quantitative estimate of drug-likeness (QED) is 0.731. The van der Waals surface area contributed by atoms with E-state index in [1.54, 1.807) is 36.4 Å². The Labute approximate surface area is 146 Å². The van der Waals surface area contributed by atoms with Crippen LogP contribution >= 0.6 is 0 Å². The Hall–Kier alpha value is -2.87. The van der Waals surface area contributed by atoms with Gasteiger partial charge in [0.1, 0.15) is 0 Å². The molecule has 0 aliphatic heterocycles. The van der Waals surface area contributed by atoms with E-state index in [1.165, 1.54) is 13.0 Å². The summed E-state index contributed by atoms with van der Waals surface area (Å²) in [4.78, 5) is 23.3. The maximum absolute atomic E-state index is 12.2. The van der Waals surface area contributed by atoms with Gasteiger partial charge in [0.25, 0.3) is 5.91 Å². The van der Waals surface area contributed by atoms with Crippen LogP contribution in [0.15, 0.2) is 48.5 Å². The third-order valence-electron chi connectivity index (χ3n) is 3.13. The van der Waals surface area contributed by atoms with Crippen molar-refractivity contribution in [2.75, 3.05) is 16.3 Å². The SMILES string of the molecule is CC(=O)Nc1cccc(CNC(=O)c2cccc(NS(C)(=O)=O)c2)c1. The monoisotopic (exact) mass is 361 g/mol. The molecule has 3 N–H and O–H groups in total. The Kier molecular flexibility index (Phi) is 5.76. The predicted molar refractivity (Wildman–Crippen MR) is 96.8 cm³/mol. The number of carbonyl (C=O) groups excluding carboxylic acids is 2. The average Bonchev–Trinajstić information content (AvgIpc) is 2.51. The highest BCUT2D eigenvalue weighted by atomic mass is 32.2.